The Hall–Kier alpha value is -2.36. The van der Waals surface area contributed by atoms with Gasteiger partial charge in [0.25, 0.3) is 0 Å². The predicted molar refractivity (Wildman–Crippen MR) is 72.6 cm³/mol. The largest absolute Gasteiger partial charge is 0.457 e. The molecule has 0 radical (unpaired) electrons. The Morgan fingerprint density at radius 2 is 1.44 bits per heavy atom. The number of nitrogen functional groups attached to an aromatic ring is 2. The average molecular weight is 244 g/mol. The van der Waals surface area contributed by atoms with E-state index in [-0.39, 0.29) is 6.79 Å². The lowest BCUT2D eigenvalue weighted by molar-refractivity contribution is 0.120. The molecule has 0 aliphatic carbocycles. The van der Waals surface area contributed by atoms with Crippen LogP contribution in [0.25, 0.3) is 0 Å². The van der Waals surface area contributed by atoms with E-state index in [1.807, 2.05) is 37.3 Å². The minimum Gasteiger partial charge on any atom is -0.457 e. The van der Waals surface area contributed by atoms with E-state index in [0.29, 0.717) is 22.9 Å². The summed E-state index contributed by atoms with van der Waals surface area (Å²) < 4.78 is 11.0. The van der Waals surface area contributed by atoms with Crippen LogP contribution in [0.5, 0.6) is 11.5 Å². The van der Waals surface area contributed by atoms with Crippen molar-refractivity contribution in [1.29, 1.82) is 0 Å². The highest BCUT2D eigenvalue weighted by Crippen LogP contribution is 2.24. The van der Waals surface area contributed by atoms with Crippen molar-refractivity contribution in [2.24, 2.45) is 0 Å². The first-order valence-corrected chi connectivity index (χ1v) is 5.63. The molecule has 94 valence electrons. The van der Waals surface area contributed by atoms with Gasteiger partial charge in [-0.15, -0.1) is 0 Å². The van der Waals surface area contributed by atoms with Crippen molar-refractivity contribution in [2.75, 3.05) is 18.3 Å². The van der Waals surface area contributed by atoms with Gasteiger partial charge < -0.3 is 20.9 Å². The van der Waals surface area contributed by atoms with Gasteiger partial charge in [-0.25, -0.2) is 0 Å². The second-order valence-corrected chi connectivity index (χ2v) is 3.91. The molecule has 0 heterocycles. The lowest BCUT2D eigenvalue weighted by Gasteiger charge is -2.12. The van der Waals surface area contributed by atoms with Crippen LogP contribution in [0.4, 0.5) is 11.4 Å². The number of anilines is 2. The third kappa shape index (κ3) is 2.66. The van der Waals surface area contributed by atoms with Crippen LogP contribution in [0.3, 0.4) is 0 Å². The Morgan fingerprint density at radius 1 is 0.833 bits per heavy atom. The fourth-order valence-electron chi connectivity index (χ4n) is 1.56. The zero-order valence-corrected chi connectivity index (χ0v) is 10.2. The lowest BCUT2D eigenvalue weighted by atomic mass is 10.2. The van der Waals surface area contributed by atoms with E-state index in [0.717, 1.165) is 5.56 Å². The molecule has 18 heavy (non-hydrogen) atoms. The summed E-state index contributed by atoms with van der Waals surface area (Å²) in [6.07, 6.45) is 0. The second-order valence-electron chi connectivity index (χ2n) is 3.91. The Kier molecular flexibility index (Phi) is 3.57. The zero-order valence-electron chi connectivity index (χ0n) is 10.2. The van der Waals surface area contributed by atoms with E-state index in [1.165, 1.54) is 0 Å². The van der Waals surface area contributed by atoms with Gasteiger partial charge in [-0.1, -0.05) is 18.2 Å². The maximum atomic E-state index is 5.79. The predicted octanol–water partition coefficient (Wildman–Crippen LogP) is 2.57. The number of para-hydroxylation sites is 2. The number of hydrogen-bond acceptors (Lipinski definition) is 4. The zero-order chi connectivity index (χ0) is 13.0. The van der Waals surface area contributed by atoms with Crippen molar-refractivity contribution in [2.45, 2.75) is 6.92 Å². The molecule has 2 aromatic carbocycles. The van der Waals surface area contributed by atoms with Crippen LogP contribution in [-0.2, 0) is 0 Å². The van der Waals surface area contributed by atoms with Gasteiger partial charge in [0.05, 0.1) is 5.69 Å². The number of benzene rings is 2. The van der Waals surface area contributed by atoms with Crippen molar-refractivity contribution in [3.05, 3.63) is 48.0 Å². The van der Waals surface area contributed by atoms with Crippen molar-refractivity contribution in [3.8, 4) is 11.5 Å². The van der Waals surface area contributed by atoms with Crippen molar-refractivity contribution in [1.82, 2.24) is 0 Å². The van der Waals surface area contributed by atoms with Crippen molar-refractivity contribution in [3.63, 3.8) is 0 Å². The second kappa shape index (κ2) is 5.31. The summed E-state index contributed by atoms with van der Waals surface area (Å²) in [5.41, 5.74) is 13.7. The topological polar surface area (TPSA) is 70.5 Å². The van der Waals surface area contributed by atoms with Gasteiger partial charge in [0.15, 0.2) is 0 Å². The molecule has 0 aromatic heterocycles. The van der Waals surface area contributed by atoms with E-state index in [2.05, 4.69) is 0 Å². The summed E-state index contributed by atoms with van der Waals surface area (Å²) in [6, 6.07) is 12.8. The first kappa shape index (κ1) is 12.1. The molecule has 0 saturated heterocycles. The summed E-state index contributed by atoms with van der Waals surface area (Å²) in [5.74, 6) is 1.32. The van der Waals surface area contributed by atoms with Crippen LogP contribution in [0, 0.1) is 6.92 Å². The van der Waals surface area contributed by atoms with E-state index in [1.54, 1.807) is 12.1 Å². The van der Waals surface area contributed by atoms with Crippen LogP contribution >= 0.6 is 0 Å². The first-order chi connectivity index (χ1) is 8.68. The third-order valence-electron chi connectivity index (χ3n) is 2.67. The molecule has 0 aliphatic heterocycles. The maximum Gasteiger partial charge on any atom is 0.231 e. The van der Waals surface area contributed by atoms with E-state index in [9.17, 15) is 0 Å². The molecule has 0 fully saturated rings. The molecule has 0 unspecified atom stereocenters. The summed E-state index contributed by atoms with van der Waals surface area (Å²) in [7, 11) is 0. The highest BCUT2D eigenvalue weighted by Gasteiger charge is 2.03. The molecule has 4 nitrogen and oxygen atoms in total. The summed E-state index contributed by atoms with van der Waals surface area (Å²) >= 11 is 0. The molecular weight excluding hydrogens is 228 g/mol. The fraction of sp³-hybridized carbons (Fsp3) is 0.143. The number of nitrogens with two attached hydrogens (primary N) is 2. The maximum absolute atomic E-state index is 5.79. The van der Waals surface area contributed by atoms with Crippen LogP contribution < -0.4 is 20.9 Å². The van der Waals surface area contributed by atoms with Gasteiger partial charge in [-0.3, -0.25) is 0 Å². The number of ether oxygens (including phenoxy) is 2. The molecule has 0 aliphatic rings. The Morgan fingerprint density at radius 3 is 2.22 bits per heavy atom. The number of rotatable bonds is 4. The Labute approximate surface area is 106 Å². The molecule has 4 heteroatoms. The Bertz CT molecular complexity index is 541. The SMILES string of the molecule is Cc1c(N)cccc1OCOc1ccccc1N. The summed E-state index contributed by atoms with van der Waals surface area (Å²) in [4.78, 5) is 0. The summed E-state index contributed by atoms with van der Waals surface area (Å²) in [6.45, 7) is 2.00. The molecule has 4 N–H and O–H groups in total. The first-order valence-electron chi connectivity index (χ1n) is 5.63. The van der Waals surface area contributed by atoms with E-state index in [4.69, 9.17) is 20.9 Å². The molecule has 2 aromatic rings. The third-order valence-corrected chi connectivity index (χ3v) is 2.67. The standard InChI is InChI=1S/C14H16N2O2/c1-10-11(15)6-4-8-13(10)17-9-18-14-7-3-2-5-12(14)16/h2-8H,9,15-16H2,1H3. The smallest absolute Gasteiger partial charge is 0.231 e. The highest BCUT2D eigenvalue weighted by molar-refractivity contribution is 5.53. The van der Waals surface area contributed by atoms with Gasteiger partial charge in [0, 0.05) is 11.3 Å². The molecule has 0 spiro atoms. The van der Waals surface area contributed by atoms with Gasteiger partial charge >= 0.3 is 0 Å². The molecular formula is C14H16N2O2. The van der Waals surface area contributed by atoms with Crippen LogP contribution in [0.15, 0.2) is 42.5 Å². The molecule has 0 bridgehead atoms. The van der Waals surface area contributed by atoms with E-state index < -0.39 is 0 Å². The van der Waals surface area contributed by atoms with Gasteiger partial charge in [0.2, 0.25) is 6.79 Å². The monoisotopic (exact) mass is 244 g/mol. The Balaban J connectivity index is 1.97. The van der Waals surface area contributed by atoms with Crippen LogP contribution in [0.1, 0.15) is 5.56 Å². The fourth-order valence-corrected chi connectivity index (χ4v) is 1.56. The molecule has 0 amide bonds. The van der Waals surface area contributed by atoms with E-state index >= 15 is 0 Å². The lowest BCUT2D eigenvalue weighted by Crippen LogP contribution is -2.08. The van der Waals surface area contributed by atoms with Crippen molar-refractivity contribution >= 4 is 11.4 Å². The molecule has 0 saturated carbocycles. The highest BCUT2D eigenvalue weighted by atomic mass is 16.7. The normalized spacial score (nSPS) is 10.1. The minimum absolute atomic E-state index is 0.0957. The van der Waals surface area contributed by atoms with Crippen LogP contribution in [-0.4, -0.2) is 6.79 Å². The molecule has 2 rings (SSSR count). The minimum atomic E-state index is 0.0957. The summed E-state index contributed by atoms with van der Waals surface area (Å²) in [5, 5.41) is 0. The van der Waals surface area contributed by atoms with Gasteiger partial charge in [-0.2, -0.15) is 0 Å². The van der Waals surface area contributed by atoms with Gasteiger partial charge in [-0.05, 0) is 31.2 Å². The quantitative estimate of drug-likeness (QED) is 0.640. The average Bonchev–Trinajstić information content (AvgIpc) is 2.37. The van der Waals surface area contributed by atoms with Crippen LogP contribution in [0.2, 0.25) is 0 Å². The van der Waals surface area contributed by atoms with Crippen molar-refractivity contribution < 1.29 is 9.47 Å². The molecule has 0 atom stereocenters. The van der Waals surface area contributed by atoms with Gasteiger partial charge in [0.1, 0.15) is 11.5 Å². The number of hydrogen-bond donors (Lipinski definition) is 2.